The van der Waals surface area contributed by atoms with Gasteiger partial charge < -0.3 is 5.32 Å². The zero-order valence-corrected chi connectivity index (χ0v) is 15.3. The molecule has 1 N–H and O–H groups in total. The molecule has 0 heterocycles. The van der Waals surface area contributed by atoms with E-state index in [-0.39, 0.29) is 11.9 Å². The Labute approximate surface area is 142 Å². The summed E-state index contributed by atoms with van der Waals surface area (Å²) in [5.41, 5.74) is 3.57. The lowest BCUT2D eigenvalue weighted by molar-refractivity contribution is 0.548. The van der Waals surface area contributed by atoms with E-state index in [9.17, 15) is 4.39 Å². The number of nitrogens with one attached hydrogen (secondary N) is 1. The van der Waals surface area contributed by atoms with Crippen molar-refractivity contribution < 1.29 is 4.39 Å². The Kier molecular flexibility index (Phi) is 5.97. The summed E-state index contributed by atoms with van der Waals surface area (Å²) in [6.45, 7) is 5.07. The van der Waals surface area contributed by atoms with Crippen molar-refractivity contribution in [2.75, 3.05) is 6.54 Å². The first-order valence-corrected chi connectivity index (χ1v) is 8.52. The first-order chi connectivity index (χ1) is 9.99. The van der Waals surface area contributed by atoms with Gasteiger partial charge in [-0.2, -0.15) is 0 Å². The van der Waals surface area contributed by atoms with E-state index in [4.69, 9.17) is 0 Å². The highest BCUT2D eigenvalue weighted by molar-refractivity contribution is 9.10. The van der Waals surface area contributed by atoms with E-state index in [2.05, 4.69) is 69.2 Å². The smallest absolute Gasteiger partial charge is 0.137 e. The lowest BCUT2D eigenvalue weighted by Crippen LogP contribution is -2.23. The van der Waals surface area contributed by atoms with Crippen LogP contribution in [0, 0.1) is 12.7 Å². The van der Waals surface area contributed by atoms with E-state index in [0.29, 0.717) is 4.47 Å². The van der Waals surface area contributed by atoms with Crippen LogP contribution >= 0.6 is 31.9 Å². The number of hydrogen-bond donors (Lipinski definition) is 1. The summed E-state index contributed by atoms with van der Waals surface area (Å²) in [6, 6.07) is 11.8. The van der Waals surface area contributed by atoms with Crippen molar-refractivity contribution in [3.8, 4) is 0 Å². The van der Waals surface area contributed by atoms with E-state index < -0.39 is 0 Å². The second-order valence-electron chi connectivity index (χ2n) is 5.12. The summed E-state index contributed by atoms with van der Waals surface area (Å²) in [6.07, 6.45) is 0.822. The maximum absolute atomic E-state index is 13.3. The Morgan fingerprint density at radius 1 is 1.14 bits per heavy atom. The topological polar surface area (TPSA) is 12.0 Å². The van der Waals surface area contributed by atoms with E-state index >= 15 is 0 Å². The van der Waals surface area contributed by atoms with Crippen molar-refractivity contribution in [3.05, 3.63) is 67.9 Å². The predicted molar refractivity (Wildman–Crippen MR) is 93.1 cm³/mol. The molecule has 112 valence electrons. The number of benzene rings is 2. The van der Waals surface area contributed by atoms with Crippen molar-refractivity contribution in [2.24, 2.45) is 0 Å². The zero-order valence-electron chi connectivity index (χ0n) is 12.1. The Balaban J connectivity index is 2.27. The largest absolute Gasteiger partial charge is 0.310 e. The highest BCUT2D eigenvalue weighted by atomic mass is 79.9. The van der Waals surface area contributed by atoms with E-state index in [0.717, 1.165) is 23.0 Å². The van der Waals surface area contributed by atoms with Gasteiger partial charge in [-0.25, -0.2) is 4.39 Å². The van der Waals surface area contributed by atoms with Crippen LogP contribution in [0.3, 0.4) is 0 Å². The molecule has 0 amide bonds. The quantitative estimate of drug-likeness (QED) is 0.675. The molecule has 0 aromatic heterocycles. The third-order valence-corrected chi connectivity index (χ3v) is 4.41. The number of hydrogen-bond acceptors (Lipinski definition) is 1. The zero-order chi connectivity index (χ0) is 15.4. The summed E-state index contributed by atoms with van der Waals surface area (Å²) in [5, 5.41) is 3.51. The molecule has 1 nitrogen and oxygen atoms in total. The molecular formula is C17H18Br2FN. The van der Waals surface area contributed by atoms with Crippen LogP contribution in [0.25, 0.3) is 0 Å². The fourth-order valence-electron chi connectivity index (χ4n) is 2.42. The van der Waals surface area contributed by atoms with Crippen molar-refractivity contribution in [1.82, 2.24) is 5.32 Å². The molecule has 0 aliphatic carbocycles. The second-order valence-corrected chi connectivity index (χ2v) is 6.89. The summed E-state index contributed by atoms with van der Waals surface area (Å²) in [7, 11) is 0. The fraction of sp³-hybridized carbons (Fsp3) is 0.294. The van der Waals surface area contributed by atoms with Crippen LogP contribution in [-0.4, -0.2) is 6.54 Å². The number of rotatable bonds is 5. The molecule has 0 aliphatic heterocycles. The van der Waals surface area contributed by atoms with Crippen LogP contribution < -0.4 is 5.32 Å². The van der Waals surface area contributed by atoms with Crippen molar-refractivity contribution in [3.63, 3.8) is 0 Å². The highest BCUT2D eigenvalue weighted by Crippen LogP contribution is 2.25. The normalized spacial score (nSPS) is 12.4. The van der Waals surface area contributed by atoms with Gasteiger partial charge in [0.15, 0.2) is 0 Å². The van der Waals surface area contributed by atoms with Gasteiger partial charge in [0.2, 0.25) is 0 Å². The molecule has 2 aromatic rings. The van der Waals surface area contributed by atoms with Crippen molar-refractivity contribution in [2.45, 2.75) is 26.3 Å². The number of halogens is 3. The van der Waals surface area contributed by atoms with Crippen LogP contribution in [0.5, 0.6) is 0 Å². The van der Waals surface area contributed by atoms with Gasteiger partial charge in [-0.15, -0.1) is 0 Å². The van der Waals surface area contributed by atoms with Crippen LogP contribution in [0.1, 0.15) is 29.7 Å². The van der Waals surface area contributed by atoms with Crippen LogP contribution in [-0.2, 0) is 6.42 Å². The van der Waals surface area contributed by atoms with Crippen LogP contribution in [0.15, 0.2) is 45.3 Å². The average molecular weight is 415 g/mol. The Morgan fingerprint density at radius 3 is 2.52 bits per heavy atom. The molecule has 2 rings (SSSR count). The Morgan fingerprint density at radius 2 is 1.90 bits per heavy atom. The number of likely N-dealkylation sites (N-methyl/N-ethyl adjacent to an activating group) is 1. The van der Waals surface area contributed by atoms with E-state index in [1.807, 2.05) is 12.1 Å². The molecule has 4 heteroatoms. The SMILES string of the molecule is CCNC(Cc1ccc(F)c(Br)c1)c1cc(C)cc(Br)c1. The molecule has 0 fully saturated rings. The summed E-state index contributed by atoms with van der Waals surface area (Å²) in [5.74, 6) is -0.225. The summed E-state index contributed by atoms with van der Waals surface area (Å²) < 4.78 is 14.9. The van der Waals surface area contributed by atoms with Gasteiger partial charge in [0.1, 0.15) is 5.82 Å². The molecule has 0 bridgehead atoms. The van der Waals surface area contributed by atoms with E-state index in [1.165, 1.54) is 17.2 Å². The second kappa shape index (κ2) is 7.52. The van der Waals surface area contributed by atoms with Crippen LogP contribution in [0.2, 0.25) is 0 Å². The van der Waals surface area contributed by atoms with E-state index in [1.54, 1.807) is 0 Å². The molecule has 21 heavy (non-hydrogen) atoms. The first kappa shape index (κ1) is 16.7. The maximum Gasteiger partial charge on any atom is 0.137 e. The molecule has 0 aliphatic rings. The van der Waals surface area contributed by atoms with Crippen LogP contribution in [0.4, 0.5) is 4.39 Å². The summed E-state index contributed by atoms with van der Waals surface area (Å²) >= 11 is 6.81. The van der Waals surface area contributed by atoms with Gasteiger partial charge in [-0.1, -0.05) is 35.0 Å². The van der Waals surface area contributed by atoms with Gasteiger partial charge in [0.25, 0.3) is 0 Å². The highest BCUT2D eigenvalue weighted by Gasteiger charge is 2.13. The molecule has 1 atom stereocenters. The van der Waals surface area contributed by atoms with Gasteiger partial charge in [-0.05, 0) is 76.8 Å². The third-order valence-electron chi connectivity index (χ3n) is 3.34. The number of aryl methyl sites for hydroxylation is 1. The minimum atomic E-state index is -0.225. The summed E-state index contributed by atoms with van der Waals surface area (Å²) in [4.78, 5) is 0. The Bertz CT molecular complexity index is 608. The molecule has 0 saturated heterocycles. The standard InChI is InChI=1S/C17H18Br2FN/c1-3-21-17(13-6-11(2)7-14(18)10-13)9-12-4-5-16(20)15(19)8-12/h4-8,10,17,21H,3,9H2,1-2H3. The van der Waals surface area contributed by atoms with Gasteiger partial charge in [0.05, 0.1) is 4.47 Å². The van der Waals surface area contributed by atoms with Crippen molar-refractivity contribution >= 4 is 31.9 Å². The fourth-order valence-corrected chi connectivity index (χ4v) is 3.47. The molecule has 1 unspecified atom stereocenters. The minimum absolute atomic E-state index is 0.212. The monoisotopic (exact) mass is 413 g/mol. The Hall–Kier alpha value is -0.710. The third kappa shape index (κ3) is 4.63. The first-order valence-electron chi connectivity index (χ1n) is 6.94. The molecule has 0 spiro atoms. The lowest BCUT2D eigenvalue weighted by atomic mass is 9.97. The molecule has 0 radical (unpaired) electrons. The minimum Gasteiger partial charge on any atom is -0.310 e. The van der Waals surface area contributed by atoms with Gasteiger partial charge in [0, 0.05) is 10.5 Å². The average Bonchev–Trinajstić information content (AvgIpc) is 2.41. The predicted octanol–water partition coefficient (Wildman–Crippen LogP) is 5.55. The van der Waals surface area contributed by atoms with Gasteiger partial charge >= 0.3 is 0 Å². The maximum atomic E-state index is 13.3. The molecule has 2 aromatic carbocycles. The molecular weight excluding hydrogens is 397 g/mol. The molecule has 0 saturated carbocycles. The van der Waals surface area contributed by atoms with Crippen molar-refractivity contribution in [1.29, 1.82) is 0 Å². The lowest BCUT2D eigenvalue weighted by Gasteiger charge is -2.20. The van der Waals surface area contributed by atoms with Gasteiger partial charge in [-0.3, -0.25) is 0 Å².